The predicted octanol–water partition coefficient (Wildman–Crippen LogP) is 3.60. The first-order chi connectivity index (χ1) is 18.4. The second-order valence-corrected chi connectivity index (χ2v) is 11.0. The van der Waals surface area contributed by atoms with E-state index in [0.717, 1.165) is 41.3 Å². The van der Waals surface area contributed by atoms with Crippen LogP contribution in [0, 0.1) is 6.92 Å². The molecule has 2 amide bonds. The zero-order valence-electron chi connectivity index (χ0n) is 21.4. The van der Waals surface area contributed by atoms with Crippen LogP contribution in [-0.2, 0) is 9.53 Å². The molecule has 1 aliphatic heterocycles. The van der Waals surface area contributed by atoms with Gasteiger partial charge in [0.25, 0.3) is 5.91 Å². The maximum Gasteiger partial charge on any atom is 0.260 e. The van der Waals surface area contributed by atoms with Gasteiger partial charge < -0.3 is 15.4 Å². The van der Waals surface area contributed by atoms with Crippen molar-refractivity contribution in [1.82, 2.24) is 29.3 Å². The third-order valence-corrected chi connectivity index (χ3v) is 8.23. The van der Waals surface area contributed by atoms with Gasteiger partial charge in [-0.1, -0.05) is 0 Å². The van der Waals surface area contributed by atoms with Crippen molar-refractivity contribution in [3.05, 3.63) is 48.3 Å². The molecular weight excluding hydrogens is 504 g/mol. The molecule has 38 heavy (non-hydrogen) atoms. The van der Waals surface area contributed by atoms with Gasteiger partial charge in [0.1, 0.15) is 4.83 Å². The lowest BCUT2D eigenvalue weighted by Gasteiger charge is -2.30. The summed E-state index contributed by atoms with van der Waals surface area (Å²) in [6.07, 6.45) is 13.2. The van der Waals surface area contributed by atoms with Crippen LogP contribution in [0.5, 0.6) is 0 Å². The summed E-state index contributed by atoms with van der Waals surface area (Å²) in [7, 11) is 1.95. The SMILES string of the molecule is Cc1ncc(NC(=O)CN(C)C2CCOCC2)cc1NC(=O)c1cnn2cc(-c3cnn(C4CC4)c3)sc12. The van der Waals surface area contributed by atoms with E-state index in [9.17, 15) is 9.59 Å². The van der Waals surface area contributed by atoms with Gasteiger partial charge in [0.2, 0.25) is 5.91 Å². The standard InChI is InChI=1S/C26H30N8O3S/c1-16-22(9-18(11-27-16)30-24(35)15-32(2)19-5-7-37-8-6-19)31-25(36)21-12-29-34-14-23(38-26(21)34)17-10-28-33(13-17)20-3-4-20/h9-14,19-20H,3-8,15H2,1-2H3,(H,30,35)(H,31,36). The Hall–Kier alpha value is -3.61. The second kappa shape index (κ2) is 10.3. The number of hydrogen-bond donors (Lipinski definition) is 2. The van der Waals surface area contributed by atoms with E-state index in [1.54, 1.807) is 23.0 Å². The fourth-order valence-electron chi connectivity index (χ4n) is 4.68. The lowest BCUT2D eigenvalue weighted by atomic mass is 10.1. The van der Waals surface area contributed by atoms with Crippen LogP contribution in [-0.4, -0.2) is 73.9 Å². The quantitative estimate of drug-likeness (QED) is 0.355. The molecule has 0 radical (unpaired) electrons. The van der Waals surface area contributed by atoms with Gasteiger partial charge in [-0.2, -0.15) is 10.2 Å². The van der Waals surface area contributed by atoms with Crippen LogP contribution in [0.15, 0.2) is 37.1 Å². The number of pyridine rings is 1. The van der Waals surface area contributed by atoms with Gasteiger partial charge in [-0.25, -0.2) is 4.52 Å². The minimum absolute atomic E-state index is 0.128. The molecule has 11 nitrogen and oxygen atoms in total. The second-order valence-electron chi connectivity index (χ2n) is 9.96. The molecule has 0 aromatic carbocycles. The van der Waals surface area contributed by atoms with Crippen LogP contribution in [0.2, 0.25) is 0 Å². The van der Waals surface area contributed by atoms with Crippen molar-refractivity contribution in [2.75, 3.05) is 37.4 Å². The van der Waals surface area contributed by atoms with E-state index < -0.39 is 0 Å². The van der Waals surface area contributed by atoms with Crippen LogP contribution in [0.3, 0.4) is 0 Å². The normalized spacial score (nSPS) is 16.3. The van der Waals surface area contributed by atoms with Crippen LogP contribution in [0.4, 0.5) is 11.4 Å². The number of nitrogens with one attached hydrogen (secondary N) is 2. The Bertz CT molecular complexity index is 1480. The lowest BCUT2D eigenvalue weighted by Crippen LogP contribution is -2.41. The fourth-order valence-corrected chi connectivity index (χ4v) is 5.71. The smallest absolute Gasteiger partial charge is 0.260 e. The summed E-state index contributed by atoms with van der Waals surface area (Å²) in [4.78, 5) is 34.1. The highest BCUT2D eigenvalue weighted by Crippen LogP contribution is 2.36. The zero-order chi connectivity index (χ0) is 26.2. The number of fused-ring (bicyclic) bond motifs is 1. The molecule has 198 valence electrons. The Labute approximate surface area is 223 Å². The number of aryl methyl sites for hydroxylation is 1. The molecule has 1 saturated carbocycles. The highest BCUT2D eigenvalue weighted by Gasteiger charge is 2.25. The summed E-state index contributed by atoms with van der Waals surface area (Å²) in [5.74, 6) is -0.411. The van der Waals surface area contributed by atoms with Crippen molar-refractivity contribution < 1.29 is 14.3 Å². The molecule has 0 unspecified atom stereocenters. The number of ether oxygens (including phenoxy) is 1. The fraction of sp³-hybridized carbons (Fsp3) is 0.423. The maximum absolute atomic E-state index is 13.2. The van der Waals surface area contributed by atoms with Crippen molar-refractivity contribution in [3.63, 3.8) is 0 Å². The molecule has 1 saturated heterocycles. The van der Waals surface area contributed by atoms with Gasteiger partial charge in [0, 0.05) is 37.2 Å². The molecule has 1 aliphatic carbocycles. The predicted molar refractivity (Wildman–Crippen MR) is 145 cm³/mol. The van der Waals surface area contributed by atoms with Gasteiger partial charge >= 0.3 is 0 Å². The highest BCUT2D eigenvalue weighted by atomic mass is 32.1. The zero-order valence-corrected chi connectivity index (χ0v) is 22.2. The van der Waals surface area contributed by atoms with Crippen LogP contribution in [0.25, 0.3) is 15.3 Å². The first kappa shape index (κ1) is 24.7. The average Bonchev–Trinajstić information content (AvgIpc) is 3.30. The van der Waals surface area contributed by atoms with Gasteiger partial charge in [-0.05, 0) is 45.7 Å². The number of anilines is 2. The van der Waals surface area contributed by atoms with Crippen molar-refractivity contribution >= 4 is 39.4 Å². The number of aromatic nitrogens is 5. The van der Waals surface area contributed by atoms with Crippen molar-refractivity contribution in [2.24, 2.45) is 0 Å². The number of hydrogen-bond acceptors (Lipinski definition) is 8. The van der Waals surface area contributed by atoms with E-state index in [-0.39, 0.29) is 18.4 Å². The Morgan fingerprint density at radius 2 is 1.92 bits per heavy atom. The number of amides is 2. The Morgan fingerprint density at radius 3 is 2.71 bits per heavy atom. The molecule has 12 heteroatoms. The number of likely N-dealkylation sites (N-methyl/N-ethyl adjacent to an activating group) is 1. The van der Waals surface area contributed by atoms with Crippen LogP contribution in [0.1, 0.15) is 47.8 Å². The van der Waals surface area contributed by atoms with Gasteiger partial charge in [0.05, 0.1) is 58.7 Å². The summed E-state index contributed by atoms with van der Waals surface area (Å²) in [6, 6.07) is 2.58. The molecule has 0 atom stereocenters. The van der Waals surface area contributed by atoms with E-state index in [1.807, 2.05) is 31.0 Å². The highest BCUT2D eigenvalue weighted by molar-refractivity contribution is 7.21. The van der Waals surface area contributed by atoms with E-state index in [1.165, 1.54) is 24.2 Å². The first-order valence-electron chi connectivity index (χ1n) is 12.8. The summed E-state index contributed by atoms with van der Waals surface area (Å²) in [5.41, 5.74) is 3.21. The number of rotatable bonds is 8. The number of carbonyl (C=O) groups is 2. The third-order valence-electron chi connectivity index (χ3n) is 7.07. The number of carbonyl (C=O) groups excluding carboxylic acids is 2. The molecule has 5 heterocycles. The molecular formula is C26H30N8O3S. The van der Waals surface area contributed by atoms with Gasteiger partial charge in [-0.15, -0.1) is 11.3 Å². The minimum atomic E-state index is -0.283. The van der Waals surface area contributed by atoms with E-state index >= 15 is 0 Å². The molecule has 2 fully saturated rings. The third kappa shape index (κ3) is 5.19. The summed E-state index contributed by atoms with van der Waals surface area (Å²) in [6.45, 7) is 3.54. The van der Waals surface area contributed by atoms with E-state index in [2.05, 4.69) is 36.9 Å². The van der Waals surface area contributed by atoms with Crippen molar-refractivity contribution in [1.29, 1.82) is 0 Å². The van der Waals surface area contributed by atoms with E-state index in [0.29, 0.717) is 34.7 Å². The largest absolute Gasteiger partial charge is 0.381 e. The maximum atomic E-state index is 13.2. The monoisotopic (exact) mass is 534 g/mol. The Morgan fingerprint density at radius 1 is 1.11 bits per heavy atom. The van der Waals surface area contributed by atoms with E-state index in [4.69, 9.17) is 4.74 Å². The molecule has 4 aromatic rings. The molecule has 6 rings (SSSR count). The molecule has 4 aromatic heterocycles. The summed E-state index contributed by atoms with van der Waals surface area (Å²) >= 11 is 1.50. The summed E-state index contributed by atoms with van der Waals surface area (Å²) < 4.78 is 9.14. The van der Waals surface area contributed by atoms with Crippen molar-refractivity contribution in [3.8, 4) is 10.4 Å². The average molecular weight is 535 g/mol. The van der Waals surface area contributed by atoms with Crippen LogP contribution >= 0.6 is 11.3 Å². The topological polar surface area (TPSA) is 119 Å². The molecule has 2 aliphatic rings. The lowest BCUT2D eigenvalue weighted by molar-refractivity contribution is -0.118. The minimum Gasteiger partial charge on any atom is -0.381 e. The number of nitrogens with zero attached hydrogens (tertiary/aromatic N) is 6. The molecule has 2 N–H and O–H groups in total. The number of thiazole rings is 1. The summed E-state index contributed by atoms with van der Waals surface area (Å²) in [5, 5.41) is 14.7. The van der Waals surface area contributed by atoms with Crippen LogP contribution < -0.4 is 10.6 Å². The Balaban J connectivity index is 1.13. The Kier molecular flexibility index (Phi) is 6.68. The van der Waals surface area contributed by atoms with Crippen molar-refractivity contribution in [2.45, 2.75) is 44.7 Å². The van der Waals surface area contributed by atoms with Gasteiger partial charge in [0.15, 0.2) is 0 Å². The van der Waals surface area contributed by atoms with Gasteiger partial charge in [-0.3, -0.25) is 24.2 Å². The first-order valence-corrected chi connectivity index (χ1v) is 13.6. The molecule has 0 bridgehead atoms. The molecule has 0 spiro atoms.